The Labute approximate surface area is 178 Å². The molecule has 1 aliphatic heterocycles. The molecule has 2 N–H and O–H groups in total. The molecular formula is C24H31N3O3. The van der Waals surface area contributed by atoms with Crippen molar-refractivity contribution in [3.05, 3.63) is 53.6 Å². The third kappa shape index (κ3) is 4.93. The normalized spacial score (nSPS) is 15.4. The van der Waals surface area contributed by atoms with Crippen LogP contribution in [0.5, 0.6) is 5.75 Å². The zero-order chi connectivity index (χ0) is 21.7. The van der Waals surface area contributed by atoms with Crippen LogP contribution in [0.2, 0.25) is 0 Å². The molecular weight excluding hydrogens is 378 g/mol. The standard InChI is InChI=1S/C24H31N3O3/c1-5-13-25-24(29)21-14-27(19-11-6-7-12-20(19)30-21)15-22(28)26-23-17(4)9-8-10-18(23)16(2)3/h6-12,16,21H,5,13-15H2,1-4H3,(H,25,29)(H,26,28)/t21-/m1/s1. The van der Waals surface area contributed by atoms with E-state index in [2.05, 4.69) is 24.5 Å². The van der Waals surface area contributed by atoms with Crippen LogP contribution in [0.15, 0.2) is 42.5 Å². The van der Waals surface area contributed by atoms with Gasteiger partial charge in [0.25, 0.3) is 5.91 Å². The van der Waals surface area contributed by atoms with E-state index in [0.29, 0.717) is 24.8 Å². The van der Waals surface area contributed by atoms with Gasteiger partial charge in [0.1, 0.15) is 5.75 Å². The molecule has 6 heteroatoms. The van der Waals surface area contributed by atoms with Crippen molar-refractivity contribution in [2.45, 2.75) is 46.1 Å². The molecule has 2 aromatic carbocycles. The molecule has 0 saturated heterocycles. The number of carbonyl (C=O) groups is 2. The monoisotopic (exact) mass is 409 g/mol. The van der Waals surface area contributed by atoms with Crippen LogP contribution in [0.25, 0.3) is 0 Å². The third-order valence-electron chi connectivity index (χ3n) is 5.23. The minimum atomic E-state index is -0.649. The lowest BCUT2D eigenvalue weighted by atomic mass is 9.98. The van der Waals surface area contributed by atoms with Crippen molar-refractivity contribution >= 4 is 23.2 Å². The number of amides is 2. The lowest BCUT2D eigenvalue weighted by Crippen LogP contribution is -2.50. The Hall–Kier alpha value is -3.02. The molecule has 2 aromatic rings. The summed E-state index contributed by atoms with van der Waals surface area (Å²) in [7, 11) is 0. The van der Waals surface area contributed by atoms with Crippen LogP contribution in [0.1, 0.15) is 44.2 Å². The Morgan fingerprint density at radius 2 is 1.93 bits per heavy atom. The molecule has 0 aromatic heterocycles. The summed E-state index contributed by atoms with van der Waals surface area (Å²) in [6, 6.07) is 13.6. The average Bonchev–Trinajstić information content (AvgIpc) is 2.73. The summed E-state index contributed by atoms with van der Waals surface area (Å²) in [5.41, 5.74) is 3.84. The first-order valence-corrected chi connectivity index (χ1v) is 10.6. The maximum atomic E-state index is 13.0. The number of carbonyl (C=O) groups excluding carboxylic acids is 2. The summed E-state index contributed by atoms with van der Waals surface area (Å²) < 4.78 is 5.91. The summed E-state index contributed by atoms with van der Waals surface area (Å²) in [6.07, 6.45) is 0.208. The van der Waals surface area contributed by atoms with Crippen molar-refractivity contribution in [3.63, 3.8) is 0 Å². The Bertz CT molecular complexity index is 910. The molecule has 30 heavy (non-hydrogen) atoms. The van der Waals surface area contributed by atoms with E-state index in [1.54, 1.807) is 0 Å². The molecule has 1 aliphatic rings. The van der Waals surface area contributed by atoms with Gasteiger partial charge in [0.05, 0.1) is 18.8 Å². The minimum Gasteiger partial charge on any atom is -0.477 e. The Balaban J connectivity index is 1.78. The van der Waals surface area contributed by atoms with E-state index in [1.165, 1.54) is 0 Å². The summed E-state index contributed by atoms with van der Waals surface area (Å²) in [5, 5.41) is 5.98. The van der Waals surface area contributed by atoms with Crippen molar-refractivity contribution < 1.29 is 14.3 Å². The number of hydrogen-bond donors (Lipinski definition) is 2. The van der Waals surface area contributed by atoms with E-state index in [4.69, 9.17) is 4.74 Å². The van der Waals surface area contributed by atoms with Gasteiger partial charge in [-0.1, -0.05) is 51.1 Å². The van der Waals surface area contributed by atoms with Crippen molar-refractivity contribution in [1.29, 1.82) is 0 Å². The molecule has 0 aliphatic carbocycles. The van der Waals surface area contributed by atoms with Gasteiger partial charge in [-0.25, -0.2) is 0 Å². The molecule has 1 atom stereocenters. The van der Waals surface area contributed by atoms with Gasteiger partial charge in [-0.05, 0) is 42.5 Å². The van der Waals surface area contributed by atoms with Gasteiger partial charge in [0, 0.05) is 12.2 Å². The Morgan fingerprint density at radius 1 is 1.17 bits per heavy atom. The van der Waals surface area contributed by atoms with Crippen LogP contribution in [0, 0.1) is 6.92 Å². The number of hydrogen-bond acceptors (Lipinski definition) is 4. The number of benzene rings is 2. The lowest BCUT2D eigenvalue weighted by Gasteiger charge is -2.35. The molecule has 1 heterocycles. The van der Waals surface area contributed by atoms with Crippen LogP contribution in [-0.4, -0.2) is 37.6 Å². The summed E-state index contributed by atoms with van der Waals surface area (Å²) in [5.74, 6) is 0.649. The number of para-hydroxylation sites is 3. The molecule has 0 saturated carbocycles. The van der Waals surface area contributed by atoms with Crippen LogP contribution < -0.4 is 20.3 Å². The van der Waals surface area contributed by atoms with E-state index in [-0.39, 0.29) is 18.4 Å². The van der Waals surface area contributed by atoms with Gasteiger partial charge in [-0.15, -0.1) is 0 Å². The SMILES string of the molecule is CCCNC(=O)[C@H]1CN(CC(=O)Nc2c(C)cccc2C(C)C)c2ccccc2O1. The molecule has 0 radical (unpaired) electrons. The van der Waals surface area contributed by atoms with Crippen molar-refractivity contribution in [1.82, 2.24) is 5.32 Å². The van der Waals surface area contributed by atoms with Crippen LogP contribution >= 0.6 is 0 Å². The number of ether oxygens (including phenoxy) is 1. The maximum absolute atomic E-state index is 13.0. The fraction of sp³-hybridized carbons (Fsp3) is 0.417. The van der Waals surface area contributed by atoms with E-state index >= 15 is 0 Å². The van der Waals surface area contributed by atoms with Crippen LogP contribution in [0.4, 0.5) is 11.4 Å². The molecule has 0 spiro atoms. The molecule has 0 unspecified atom stereocenters. The second-order valence-corrected chi connectivity index (χ2v) is 7.99. The maximum Gasteiger partial charge on any atom is 0.262 e. The minimum absolute atomic E-state index is 0.115. The van der Waals surface area contributed by atoms with Crippen molar-refractivity contribution in [2.75, 3.05) is 29.9 Å². The number of fused-ring (bicyclic) bond motifs is 1. The number of rotatable bonds is 7. The molecule has 0 bridgehead atoms. The fourth-order valence-corrected chi connectivity index (χ4v) is 3.65. The average molecular weight is 410 g/mol. The highest BCUT2D eigenvalue weighted by Gasteiger charge is 2.31. The highest BCUT2D eigenvalue weighted by atomic mass is 16.5. The zero-order valence-electron chi connectivity index (χ0n) is 18.2. The number of anilines is 2. The third-order valence-corrected chi connectivity index (χ3v) is 5.23. The van der Waals surface area contributed by atoms with Gasteiger partial charge < -0.3 is 20.3 Å². The van der Waals surface area contributed by atoms with Crippen molar-refractivity contribution in [3.8, 4) is 5.75 Å². The summed E-state index contributed by atoms with van der Waals surface area (Å²) >= 11 is 0. The molecule has 3 rings (SSSR count). The van der Waals surface area contributed by atoms with Crippen molar-refractivity contribution in [2.24, 2.45) is 0 Å². The number of nitrogens with zero attached hydrogens (tertiary/aromatic N) is 1. The first-order valence-electron chi connectivity index (χ1n) is 10.6. The highest BCUT2D eigenvalue weighted by Crippen LogP contribution is 2.33. The fourth-order valence-electron chi connectivity index (χ4n) is 3.65. The largest absolute Gasteiger partial charge is 0.477 e. The van der Waals surface area contributed by atoms with Gasteiger partial charge in [-0.2, -0.15) is 0 Å². The lowest BCUT2D eigenvalue weighted by molar-refractivity contribution is -0.128. The van der Waals surface area contributed by atoms with Crippen LogP contribution in [-0.2, 0) is 9.59 Å². The highest BCUT2D eigenvalue weighted by molar-refractivity contribution is 5.96. The predicted octanol–water partition coefficient (Wildman–Crippen LogP) is 3.85. The number of nitrogens with one attached hydrogen (secondary N) is 2. The van der Waals surface area contributed by atoms with E-state index in [9.17, 15) is 9.59 Å². The zero-order valence-corrected chi connectivity index (χ0v) is 18.2. The second kappa shape index (κ2) is 9.65. The van der Waals surface area contributed by atoms with Gasteiger partial charge in [0.2, 0.25) is 5.91 Å². The smallest absolute Gasteiger partial charge is 0.262 e. The number of aryl methyl sites for hydroxylation is 1. The van der Waals surface area contributed by atoms with Gasteiger partial charge in [0.15, 0.2) is 6.10 Å². The topological polar surface area (TPSA) is 70.7 Å². The molecule has 2 amide bonds. The quantitative estimate of drug-likeness (QED) is 0.729. The van der Waals surface area contributed by atoms with Gasteiger partial charge in [-0.3, -0.25) is 9.59 Å². The van der Waals surface area contributed by atoms with E-state index < -0.39 is 6.10 Å². The Morgan fingerprint density at radius 3 is 2.67 bits per heavy atom. The summed E-state index contributed by atoms with van der Waals surface area (Å²) in [4.78, 5) is 27.4. The summed E-state index contributed by atoms with van der Waals surface area (Å²) in [6.45, 7) is 9.30. The molecule has 6 nitrogen and oxygen atoms in total. The predicted molar refractivity (Wildman–Crippen MR) is 120 cm³/mol. The Kier molecular flexibility index (Phi) is 6.98. The second-order valence-electron chi connectivity index (χ2n) is 7.99. The first-order chi connectivity index (χ1) is 14.4. The van der Waals surface area contributed by atoms with E-state index in [0.717, 1.165) is 28.9 Å². The molecule has 0 fully saturated rings. The van der Waals surface area contributed by atoms with E-state index in [1.807, 2.05) is 61.2 Å². The first kappa shape index (κ1) is 21.7. The molecule has 160 valence electrons. The van der Waals surface area contributed by atoms with Gasteiger partial charge >= 0.3 is 0 Å². The van der Waals surface area contributed by atoms with Crippen LogP contribution in [0.3, 0.4) is 0 Å².